The van der Waals surface area contributed by atoms with Gasteiger partial charge in [-0.1, -0.05) is 0 Å². The van der Waals surface area contributed by atoms with Crippen molar-refractivity contribution < 1.29 is 18.3 Å². The lowest BCUT2D eigenvalue weighted by Crippen LogP contribution is -2.37. The maximum atomic E-state index is 12.8. The molecule has 1 aromatic heterocycles. The van der Waals surface area contributed by atoms with E-state index in [9.17, 15) is 9.18 Å². The third kappa shape index (κ3) is 5.75. The summed E-state index contributed by atoms with van der Waals surface area (Å²) in [6, 6.07) is 9.50. The first-order valence-electron chi connectivity index (χ1n) is 7.38. The summed E-state index contributed by atoms with van der Waals surface area (Å²) in [4.78, 5) is 15.6. The monoisotopic (exact) mass is 320 g/mol. The third-order valence-corrected chi connectivity index (χ3v) is 3.36. The number of rotatable bonds is 8. The lowest BCUT2D eigenvalue weighted by atomic mass is 10.3. The molecule has 0 N–H and O–H groups in total. The molecule has 1 aromatic carbocycles. The Hall–Kier alpha value is -2.34. The van der Waals surface area contributed by atoms with Crippen LogP contribution in [0, 0.1) is 5.82 Å². The number of nitrogens with zero attached hydrogens (tertiary/aromatic N) is 2. The zero-order chi connectivity index (χ0) is 16.7. The lowest BCUT2D eigenvalue weighted by molar-refractivity contribution is -0.131. The molecule has 1 amide bonds. The molecule has 23 heavy (non-hydrogen) atoms. The molecule has 2 rings (SSSR count). The van der Waals surface area contributed by atoms with E-state index >= 15 is 0 Å². The second-order valence-electron chi connectivity index (χ2n) is 5.37. The normalized spacial score (nSPS) is 10.8. The van der Waals surface area contributed by atoms with Crippen molar-refractivity contribution in [3.8, 4) is 5.75 Å². The number of carbonyl (C=O) groups is 1. The fourth-order valence-electron chi connectivity index (χ4n) is 2.01. The molecule has 0 aliphatic rings. The van der Waals surface area contributed by atoms with Crippen molar-refractivity contribution in [1.82, 2.24) is 9.80 Å². The Balaban J connectivity index is 1.68. The second kappa shape index (κ2) is 8.33. The van der Waals surface area contributed by atoms with Crippen molar-refractivity contribution in [1.29, 1.82) is 0 Å². The predicted octanol–water partition coefficient (Wildman–Crippen LogP) is 2.39. The van der Waals surface area contributed by atoms with Gasteiger partial charge in [0, 0.05) is 13.6 Å². The van der Waals surface area contributed by atoms with Crippen molar-refractivity contribution in [3.05, 3.63) is 54.2 Å². The van der Waals surface area contributed by atoms with Crippen molar-refractivity contribution >= 4 is 5.91 Å². The molecule has 0 aliphatic heterocycles. The highest BCUT2D eigenvalue weighted by atomic mass is 19.1. The molecule has 0 bridgehead atoms. The Morgan fingerprint density at radius 3 is 2.61 bits per heavy atom. The van der Waals surface area contributed by atoms with Gasteiger partial charge in [0.25, 0.3) is 0 Å². The van der Waals surface area contributed by atoms with Crippen molar-refractivity contribution in [2.24, 2.45) is 0 Å². The van der Waals surface area contributed by atoms with E-state index in [1.54, 1.807) is 36.4 Å². The summed E-state index contributed by atoms with van der Waals surface area (Å²) in [6.45, 7) is 1.77. The fraction of sp³-hybridized carbons (Fsp3) is 0.353. The standard InChI is InChI=1S/C17H21FN2O3/c1-19(9-11-23-15-7-5-14(18)6-8-15)13-17(21)20(2)12-16-4-3-10-22-16/h3-8,10H,9,11-13H2,1-2H3. The molecule has 0 radical (unpaired) electrons. The van der Waals surface area contributed by atoms with Crippen LogP contribution in [0.4, 0.5) is 4.39 Å². The molecule has 6 heteroatoms. The number of ether oxygens (including phenoxy) is 1. The van der Waals surface area contributed by atoms with E-state index in [0.29, 0.717) is 32.0 Å². The highest BCUT2D eigenvalue weighted by Gasteiger charge is 2.13. The molecule has 5 nitrogen and oxygen atoms in total. The molecule has 0 aliphatic carbocycles. The Morgan fingerprint density at radius 1 is 1.22 bits per heavy atom. The van der Waals surface area contributed by atoms with E-state index in [2.05, 4.69) is 0 Å². The summed E-state index contributed by atoms with van der Waals surface area (Å²) < 4.78 is 23.5. The van der Waals surface area contributed by atoms with Crippen molar-refractivity contribution in [2.45, 2.75) is 6.54 Å². The molecule has 0 fully saturated rings. The maximum Gasteiger partial charge on any atom is 0.236 e. The number of hydrogen-bond acceptors (Lipinski definition) is 4. The zero-order valence-electron chi connectivity index (χ0n) is 13.4. The number of furan rings is 1. The first kappa shape index (κ1) is 17.0. The Bertz CT molecular complexity index is 599. The first-order chi connectivity index (χ1) is 11.0. The van der Waals surface area contributed by atoms with Gasteiger partial charge in [-0.25, -0.2) is 4.39 Å². The summed E-state index contributed by atoms with van der Waals surface area (Å²) in [5.41, 5.74) is 0. The van der Waals surface area contributed by atoms with Crippen LogP contribution >= 0.6 is 0 Å². The summed E-state index contributed by atoms with van der Waals surface area (Å²) in [6.07, 6.45) is 1.59. The second-order valence-corrected chi connectivity index (χ2v) is 5.37. The van der Waals surface area contributed by atoms with Crippen LogP contribution in [0.25, 0.3) is 0 Å². The Labute approximate surface area is 135 Å². The van der Waals surface area contributed by atoms with Crippen molar-refractivity contribution in [3.63, 3.8) is 0 Å². The van der Waals surface area contributed by atoms with Gasteiger partial charge in [0.2, 0.25) is 5.91 Å². The minimum atomic E-state index is -0.292. The highest BCUT2D eigenvalue weighted by Crippen LogP contribution is 2.10. The largest absolute Gasteiger partial charge is 0.492 e. The quantitative estimate of drug-likeness (QED) is 0.749. The van der Waals surface area contributed by atoms with Gasteiger partial charge in [0.1, 0.15) is 23.9 Å². The summed E-state index contributed by atoms with van der Waals surface area (Å²) in [5, 5.41) is 0. The average Bonchev–Trinajstić information content (AvgIpc) is 3.02. The lowest BCUT2D eigenvalue weighted by Gasteiger charge is -2.21. The van der Waals surface area contributed by atoms with Gasteiger partial charge in [-0.05, 0) is 43.4 Å². The predicted molar refractivity (Wildman–Crippen MR) is 84.6 cm³/mol. The summed E-state index contributed by atoms with van der Waals surface area (Å²) in [7, 11) is 3.60. The fourth-order valence-corrected chi connectivity index (χ4v) is 2.01. The maximum absolute atomic E-state index is 12.8. The van der Waals surface area contributed by atoms with Crippen LogP contribution in [0.1, 0.15) is 5.76 Å². The number of carbonyl (C=O) groups excluding carboxylic acids is 1. The average molecular weight is 320 g/mol. The van der Waals surface area contributed by atoms with E-state index in [1.807, 2.05) is 18.0 Å². The van der Waals surface area contributed by atoms with Crippen LogP contribution < -0.4 is 4.74 Å². The van der Waals surface area contributed by atoms with Crippen LogP contribution in [0.5, 0.6) is 5.75 Å². The van der Waals surface area contributed by atoms with Crippen LogP contribution in [-0.2, 0) is 11.3 Å². The number of likely N-dealkylation sites (N-methyl/N-ethyl adjacent to an activating group) is 2. The SMILES string of the molecule is CN(CCOc1ccc(F)cc1)CC(=O)N(C)Cc1ccco1. The minimum absolute atomic E-state index is 0.00526. The Morgan fingerprint density at radius 2 is 1.96 bits per heavy atom. The van der Waals surface area contributed by atoms with E-state index in [4.69, 9.17) is 9.15 Å². The van der Waals surface area contributed by atoms with E-state index in [-0.39, 0.29) is 11.7 Å². The molecule has 1 heterocycles. The van der Waals surface area contributed by atoms with Gasteiger partial charge in [-0.2, -0.15) is 0 Å². The molecule has 2 aromatic rings. The molecule has 124 valence electrons. The molecular formula is C17H21FN2O3. The molecular weight excluding hydrogens is 299 g/mol. The van der Waals surface area contributed by atoms with E-state index in [1.165, 1.54) is 12.1 Å². The van der Waals surface area contributed by atoms with Gasteiger partial charge in [0.05, 0.1) is 19.4 Å². The summed E-state index contributed by atoms with van der Waals surface area (Å²) in [5.74, 6) is 1.08. The van der Waals surface area contributed by atoms with E-state index < -0.39 is 0 Å². The van der Waals surface area contributed by atoms with Gasteiger partial charge in [-0.15, -0.1) is 0 Å². The number of hydrogen-bond donors (Lipinski definition) is 0. The summed E-state index contributed by atoms with van der Waals surface area (Å²) >= 11 is 0. The molecule has 0 spiro atoms. The highest BCUT2D eigenvalue weighted by molar-refractivity contribution is 5.77. The van der Waals surface area contributed by atoms with Crippen LogP contribution in [0.3, 0.4) is 0 Å². The third-order valence-electron chi connectivity index (χ3n) is 3.36. The molecule has 0 atom stereocenters. The molecule has 0 saturated heterocycles. The molecule has 0 saturated carbocycles. The minimum Gasteiger partial charge on any atom is -0.492 e. The molecule has 0 unspecified atom stereocenters. The van der Waals surface area contributed by atoms with Gasteiger partial charge >= 0.3 is 0 Å². The van der Waals surface area contributed by atoms with Crippen LogP contribution in [0.15, 0.2) is 47.1 Å². The number of amides is 1. The number of halogens is 1. The number of benzene rings is 1. The zero-order valence-corrected chi connectivity index (χ0v) is 13.4. The van der Waals surface area contributed by atoms with Crippen LogP contribution in [0.2, 0.25) is 0 Å². The smallest absolute Gasteiger partial charge is 0.236 e. The van der Waals surface area contributed by atoms with E-state index in [0.717, 1.165) is 5.76 Å². The Kier molecular flexibility index (Phi) is 6.17. The van der Waals surface area contributed by atoms with Gasteiger partial charge in [-0.3, -0.25) is 9.69 Å². The first-order valence-corrected chi connectivity index (χ1v) is 7.38. The van der Waals surface area contributed by atoms with Crippen LogP contribution in [-0.4, -0.2) is 49.5 Å². The van der Waals surface area contributed by atoms with Crippen molar-refractivity contribution in [2.75, 3.05) is 33.8 Å². The topological polar surface area (TPSA) is 45.9 Å². The van der Waals surface area contributed by atoms with Gasteiger partial charge < -0.3 is 14.1 Å². The van der Waals surface area contributed by atoms with Gasteiger partial charge in [0.15, 0.2) is 0 Å².